The van der Waals surface area contributed by atoms with E-state index in [0.29, 0.717) is 12.2 Å². The molecule has 2 aromatic rings. The maximum Gasteiger partial charge on any atom is 0.276 e. The van der Waals surface area contributed by atoms with Crippen LogP contribution in [0.1, 0.15) is 40.6 Å². The third-order valence-electron chi connectivity index (χ3n) is 4.28. The number of rotatable bonds is 5. The van der Waals surface area contributed by atoms with Crippen molar-refractivity contribution in [3.8, 4) is 0 Å². The third kappa shape index (κ3) is 3.53. The molecule has 2 heterocycles. The minimum absolute atomic E-state index is 0.0974. The van der Waals surface area contributed by atoms with Crippen molar-refractivity contribution in [3.05, 3.63) is 45.7 Å². The second kappa shape index (κ2) is 7.46. The monoisotopic (exact) mass is 392 g/mol. The highest BCUT2D eigenvalue weighted by atomic mass is 79.9. The number of nitrogens with one attached hydrogen (secondary N) is 2. The molecule has 1 amide bonds. The van der Waals surface area contributed by atoms with Crippen LogP contribution >= 0.6 is 15.9 Å². The van der Waals surface area contributed by atoms with Crippen molar-refractivity contribution < 1.29 is 9.90 Å². The van der Waals surface area contributed by atoms with Crippen molar-refractivity contribution in [3.63, 3.8) is 0 Å². The predicted octanol–water partition coefficient (Wildman–Crippen LogP) is 2.62. The van der Waals surface area contributed by atoms with Gasteiger partial charge in [-0.25, -0.2) is 0 Å². The van der Waals surface area contributed by atoms with E-state index in [9.17, 15) is 4.79 Å². The van der Waals surface area contributed by atoms with Crippen molar-refractivity contribution in [2.45, 2.75) is 32.4 Å². The molecule has 1 atom stereocenters. The van der Waals surface area contributed by atoms with Crippen LogP contribution in [0.15, 0.2) is 28.7 Å². The average Bonchev–Trinajstić information content (AvgIpc) is 3.02. The Balaban J connectivity index is 1.79. The molecule has 1 aromatic carbocycles. The SMILES string of the molecule is Cc1c(Br)cccc1NC(=O)c1cc2n(n1)CCC[C@@H]2NCCO. The van der Waals surface area contributed by atoms with Crippen LogP contribution in [0.2, 0.25) is 0 Å². The highest BCUT2D eigenvalue weighted by molar-refractivity contribution is 9.10. The number of aliphatic hydroxyl groups is 1. The van der Waals surface area contributed by atoms with Crippen LogP contribution in [0.4, 0.5) is 5.69 Å². The maximum atomic E-state index is 12.6. The number of nitrogens with zero attached hydrogens (tertiary/aromatic N) is 2. The van der Waals surface area contributed by atoms with Crippen LogP contribution in [0.25, 0.3) is 0 Å². The van der Waals surface area contributed by atoms with E-state index in [0.717, 1.165) is 40.8 Å². The van der Waals surface area contributed by atoms with Gasteiger partial charge < -0.3 is 15.7 Å². The highest BCUT2D eigenvalue weighted by Gasteiger charge is 2.24. The second-order valence-electron chi connectivity index (χ2n) is 5.92. The fraction of sp³-hybridized carbons (Fsp3) is 0.412. The van der Waals surface area contributed by atoms with Gasteiger partial charge in [-0.15, -0.1) is 0 Å². The van der Waals surface area contributed by atoms with Gasteiger partial charge in [0.2, 0.25) is 0 Å². The van der Waals surface area contributed by atoms with Gasteiger partial charge in [-0.05, 0) is 43.5 Å². The van der Waals surface area contributed by atoms with Crippen molar-refractivity contribution in [2.75, 3.05) is 18.5 Å². The summed E-state index contributed by atoms with van der Waals surface area (Å²) in [6, 6.07) is 7.68. The fourth-order valence-electron chi connectivity index (χ4n) is 2.97. The molecule has 1 aliphatic rings. The van der Waals surface area contributed by atoms with Gasteiger partial charge in [-0.3, -0.25) is 9.48 Å². The van der Waals surface area contributed by atoms with Gasteiger partial charge in [-0.1, -0.05) is 22.0 Å². The molecule has 0 spiro atoms. The smallest absolute Gasteiger partial charge is 0.276 e. The van der Waals surface area contributed by atoms with Crippen LogP contribution in [0.3, 0.4) is 0 Å². The zero-order valence-corrected chi connectivity index (χ0v) is 15.1. The molecule has 3 N–H and O–H groups in total. The zero-order valence-electron chi connectivity index (χ0n) is 13.6. The Labute approximate surface area is 149 Å². The van der Waals surface area contributed by atoms with Crippen LogP contribution in [0.5, 0.6) is 0 Å². The fourth-order valence-corrected chi connectivity index (χ4v) is 3.34. The van der Waals surface area contributed by atoms with Crippen molar-refractivity contribution in [2.24, 2.45) is 0 Å². The lowest BCUT2D eigenvalue weighted by atomic mass is 10.0. The molecule has 0 aliphatic carbocycles. The quantitative estimate of drug-likeness (QED) is 0.730. The molecule has 0 fully saturated rings. The molecule has 0 bridgehead atoms. The molecule has 3 rings (SSSR count). The largest absolute Gasteiger partial charge is 0.395 e. The molecule has 6 nitrogen and oxygen atoms in total. The molecule has 1 aliphatic heterocycles. The first kappa shape index (κ1) is 17.1. The molecule has 1 aromatic heterocycles. The lowest BCUT2D eigenvalue weighted by molar-refractivity contribution is 0.102. The maximum absolute atomic E-state index is 12.6. The first-order chi connectivity index (χ1) is 11.6. The summed E-state index contributed by atoms with van der Waals surface area (Å²) in [7, 11) is 0. The van der Waals surface area contributed by atoms with E-state index in [1.54, 1.807) is 0 Å². The molecule has 128 valence electrons. The number of halogens is 1. The van der Waals surface area contributed by atoms with Crippen LogP contribution in [-0.2, 0) is 6.54 Å². The van der Waals surface area contributed by atoms with Crippen molar-refractivity contribution in [1.82, 2.24) is 15.1 Å². The predicted molar refractivity (Wildman–Crippen MR) is 96.1 cm³/mol. The van der Waals surface area contributed by atoms with E-state index in [4.69, 9.17) is 5.11 Å². The summed E-state index contributed by atoms with van der Waals surface area (Å²) >= 11 is 3.47. The van der Waals surface area contributed by atoms with Gasteiger partial charge in [0.05, 0.1) is 12.3 Å². The van der Waals surface area contributed by atoms with E-state index in [-0.39, 0.29) is 18.6 Å². The number of anilines is 1. The second-order valence-corrected chi connectivity index (χ2v) is 6.77. The minimum Gasteiger partial charge on any atom is -0.395 e. The van der Waals surface area contributed by atoms with Crippen LogP contribution in [-0.4, -0.2) is 33.9 Å². The number of fused-ring (bicyclic) bond motifs is 1. The number of hydrogen-bond acceptors (Lipinski definition) is 4. The lowest BCUT2D eigenvalue weighted by Gasteiger charge is -2.24. The van der Waals surface area contributed by atoms with Crippen molar-refractivity contribution in [1.29, 1.82) is 0 Å². The minimum atomic E-state index is -0.209. The highest BCUT2D eigenvalue weighted by Crippen LogP contribution is 2.27. The molecule has 0 saturated heterocycles. The summed E-state index contributed by atoms with van der Waals surface area (Å²) < 4.78 is 2.85. The van der Waals surface area contributed by atoms with E-state index in [1.165, 1.54) is 0 Å². The van der Waals surface area contributed by atoms with Gasteiger partial charge in [0.25, 0.3) is 5.91 Å². The normalized spacial score (nSPS) is 16.7. The van der Waals surface area contributed by atoms with Gasteiger partial charge in [-0.2, -0.15) is 5.10 Å². The Morgan fingerprint density at radius 2 is 2.33 bits per heavy atom. The topological polar surface area (TPSA) is 79.2 Å². The Morgan fingerprint density at radius 1 is 1.50 bits per heavy atom. The first-order valence-electron chi connectivity index (χ1n) is 8.08. The Bertz CT molecular complexity index is 744. The summed E-state index contributed by atoms with van der Waals surface area (Å²) in [6.45, 7) is 3.40. The standard InChI is InChI=1S/C17H21BrN4O2/c1-11-12(18)4-2-5-13(11)20-17(24)15-10-16-14(19-7-9-23)6-3-8-22(16)21-15/h2,4-5,10,14,19,23H,3,6-9H2,1H3,(H,20,24)/t14-/m0/s1. The van der Waals surface area contributed by atoms with Gasteiger partial charge >= 0.3 is 0 Å². The Hall–Kier alpha value is -1.70. The average molecular weight is 393 g/mol. The summed E-state index contributed by atoms with van der Waals surface area (Å²) in [5, 5.41) is 19.7. The molecular weight excluding hydrogens is 372 g/mol. The number of benzene rings is 1. The summed E-state index contributed by atoms with van der Waals surface area (Å²) in [5.41, 5.74) is 3.18. The van der Waals surface area contributed by atoms with Crippen molar-refractivity contribution >= 4 is 27.5 Å². The number of carbonyl (C=O) groups is 1. The Morgan fingerprint density at radius 3 is 3.12 bits per heavy atom. The van der Waals surface area contributed by atoms with E-state index in [1.807, 2.05) is 35.9 Å². The molecule has 7 heteroatoms. The third-order valence-corrected chi connectivity index (χ3v) is 5.14. The first-order valence-corrected chi connectivity index (χ1v) is 8.88. The number of aromatic nitrogens is 2. The molecule has 24 heavy (non-hydrogen) atoms. The number of aryl methyl sites for hydroxylation is 1. The van der Waals surface area contributed by atoms with Gasteiger partial charge in [0, 0.05) is 29.3 Å². The van der Waals surface area contributed by atoms with E-state index < -0.39 is 0 Å². The van der Waals surface area contributed by atoms with Crippen LogP contribution < -0.4 is 10.6 Å². The summed E-state index contributed by atoms with van der Waals surface area (Å²) in [5.74, 6) is -0.209. The van der Waals surface area contributed by atoms with Crippen LogP contribution in [0, 0.1) is 6.92 Å². The number of amides is 1. The van der Waals surface area contributed by atoms with E-state index >= 15 is 0 Å². The zero-order chi connectivity index (χ0) is 17.1. The van der Waals surface area contributed by atoms with Gasteiger partial charge in [0.1, 0.15) is 0 Å². The Kier molecular flexibility index (Phi) is 5.33. The van der Waals surface area contributed by atoms with E-state index in [2.05, 4.69) is 31.7 Å². The number of hydrogen-bond donors (Lipinski definition) is 3. The molecule has 0 radical (unpaired) electrons. The summed E-state index contributed by atoms with van der Waals surface area (Å²) in [4.78, 5) is 12.6. The molecule has 0 unspecified atom stereocenters. The summed E-state index contributed by atoms with van der Waals surface area (Å²) in [6.07, 6.45) is 1.99. The molecule has 0 saturated carbocycles. The number of aliphatic hydroxyl groups excluding tert-OH is 1. The van der Waals surface area contributed by atoms with Gasteiger partial charge in [0.15, 0.2) is 5.69 Å². The molecular formula is C17H21BrN4O2. The number of carbonyl (C=O) groups excluding carboxylic acids is 1. The lowest BCUT2D eigenvalue weighted by Crippen LogP contribution is -2.29.